The number of hydrogen-bond donors (Lipinski definition) is 1. The molecule has 0 spiro atoms. The molecule has 2 aromatic carbocycles. The minimum atomic E-state index is -0.647. The first-order valence-electron chi connectivity index (χ1n) is 9.34. The zero-order valence-electron chi connectivity index (χ0n) is 17.5. The van der Waals surface area contributed by atoms with Gasteiger partial charge < -0.3 is 14.2 Å². The smallest absolute Gasteiger partial charge is 0.331 e. The Hall–Kier alpha value is -4.19. The number of nitro benzene ring substituents is 1. The van der Waals surface area contributed by atoms with Crippen LogP contribution in [0.2, 0.25) is 0 Å². The predicted octanol–water partition coefficient (Wildman–Crippen LogP) is 2.79. The molecule has 3 rings (SSSR count). The number of para-hydroxylation sites is 2. The SMILES string of the molecule is COC(=O)/C=C1/S/C(=N\N=Cc2ccc(OC)c(COc3ccccc3[N+](=O)[O-])c2)NC1=O. The van der Waals surface area contributed by atoms with Crippen LogP contribution in [0.1, 0.15) is 11.1 Å². The normalized spacial score (nSPS) is 15.6. The van der Waals surface area contributed by atoms with E-state index in [4.69, 9.17) is 9.47 Å². The first-order chi connectivity index (χ1) is 15.9. The summed E-state index contributed by atoms with van der Waals surface area (Å²) < 4.78 is 15.5. The van der Waals surface area contributed by atoms with Crippen molar-refractivity contribution in [3.05, 3.63) is 74.7 Å². The van der Waals surface area contributed by atoms with Crippen LogP contribution < -0.4 is 14.8 Å². The fourth-order valence-corrected chi connectivity index (χ4v) is 3.41. The Labute approximate surface area is 192 Å². The maximum Gasteiger partial charge on any atom is 0.331 e. The molecule has 1 fully saturated rings. The van der Waals surface area contributed by atoms with Gasteiger partial charge >= 0.3 is 11.7 Å². The zero-order chi connectivity index (χ0) is 23.8. The van der Waals surface area contributed by atoms with Crippen LogP contribution in [-0.4, -0.2) is 42.4 Å². The lowest BCUT2D eigenvalue weighted by atomic mass is 10.1. The third kappa shape index (κ3) is 6.17. The molecule has 1 heterocycles. The van der Waals surface area contributed by atoms with Crippen molar-refractivity contribution in [2.24, 2.45) is 10.2 Å². The van der Waals surface area contributed by atoms with Crippen LogP contribution in [0.4, 0.5) is 5.69 Å². The molecule has 1 aliphatic heterocycles. The Morgan fingerprint density at radius 1 is 1.21 bits per heavy atom. The summed E-state index contributed by atoms with van der Waals surface area (Å²) in [5.41, 5.74) is 1.15. The van der Waals surface area contributed by atoms with Crippen LogP contribution in [0.5, 0.6) is 11.5 Å². The lowest BCUT2D eigenvalue weighted by molar-refractivity contribution is -0.385. The van der Waals surface area contributed by atoms with Crippen molar-refractivity contribution in [1.82, 2.24) is 5.32 Å². The molecule has 1 aliphatic rings. The van der Waals surface area contributed by atoms with Gasteiger partial charge in [-0.2, -0.15) is 5.10 Å². The second kappa shape index (κ2) is 10.9. The van der Waals surface area contributed by atoms with Crippen molar-refractivity contribution in [1.29, 1.82) is 0 Å². The van der Waals surface area contributed by atoms with E-state index in [-0.39, 0.29) is 28.1 Å². The van der Waals surface area contributed by atoms with Gasteiger partial charge in [-0.1, -0.05) is 12.1 Å². The van der Waals surface area contributed by atoms with Gasteiger partial charge in [0.25, 0.3) is 5.91 Å². The number of amides is 1. The number of thioether (sulfide) groups is 1. The van der Waals surface area contributed by atoms with Crippen molar-refractivity contribution in [2.75, 3.05) is 14.2 Å². The summed E-state index contributed by atoms with van der Waals surface area (Å²) in [6.07, 6.45) is 2.52. The third-order valence-electron chi connectivity index (χ3n) is 4.21. The number of ether oxygens (including phenoxy) is 3. The van der Waals surface area contributed by atoms with Gasteiger partial charge in [0.2, 0.25) is 0 Å². The number of nitrogens with one attached hydrogen (secondary N) is 1. The van der Waals surface area contributed by atoms with Crippen LogP contribution in [0.3, 0.4) is 0 Å². The van der Waals surface area contributed by atoms with Gasteiger partial charge in [0.15, 0.2) is 10.9 Å². The van der Waals surface area contributed by atoms with Crippen molar-refractivity contribution in [2.45, 2.75) is 6.61 Å². The van der Waals surface area contributed by atoms with E-state index in [0.29, 0.717) is 16.9 Å². The quantitative estimate of drug-likeness (QED) is 0.204. The van der Waals surface area contributed by atoms with Gasteiger partial charge in [0.1, 0.15) is 12.4 Å². The Kier molecular flexibility index (Phi) is 7.76. The summed E-state index contributed by atoms with van der Waals surface area (Å²) >= 11 is 0.957. The average molecular weight is 470 g/mol. The second-order valence-corrected chi connectivity index (χ2v) is 7.35. The lowest BCUT2D eigenvalue weighted by Gasteiger charge is -2.11. The molecule has 0 radical (unpaired) electrons. The number of benzene rings is 2. The van der Waals surface area contributed by atoms with Crippen LogP contribution >= 0.6 is 11.8 Å². The van der Waals surface area contributed by atoms with Crippen LogP contribution in [0, 0.1) is 10.1 Å². The number of rotatable bonds is 8. The number of carbonyl (C=O) groups is 2. The number of hydrogen-bond acceptors (Lipinski definition) is 10. The lowest BCUT2D eigenvalue weighted by Crippen LogP contribution is -2.19. The fourth-order valence-electron chi connectivity index (χ4n) is 2.67. The number of esters is 1. The highest BCUT2D eigenvalue weighted by molar-refractivity contribution is 8.18. The van der Waals surface area contributed by atoms with E-state index in [1.54, 1.807) is 30.3 Å². The van der Waals surface area contributed by atoms with Crippen molar-refractivity contribution < 1.29 is 28.7 Å². The van der Waals surface area contributed by atoms with Gasteiger partial charge in [-0.25, -0.2) is 4.79 Å². The first kappa shape index (κ1) is 23.5. The van der Waals surface area contributed by atoms with E-state index in [1.165, 1.54) is 32.6 Å². The van der Waals surface area contributed by atoms with Gasteiger partial charge in [-0.3, -0.25) is 20.2 Å². The minimum Gasteiger partial charge on any atom is -0.496 e. The molecule has 0 saturated carbocycles. The number of nitrogens with zero attached hydrogens (tertiary/aromatic N) is 3. The van der Waals surface area contributed by atoms with Gasteiger partial charge in [-0.05, 0) is 41.6 Å². The maximum absolute atomic E-state index is 11.8. The summed E-state index contributed by atoms with van der Waals surface area (Å²) in [5.74, 6) is -0.447. The fraction of sp³-hybridized carbons (Fsp3) is 0.143. The molecule has 1 N–H and O–H groups in total. The van der Waals surface area contributed by atoms with E-state index < -0.39 is 16.8 Å². The summed E-state index contributed by atoms with van der Waals surface area (Å²) in [6.45, 7) is 0.0256. The van der Waals surface area contributed by atoms with Gasteiger partial charge in [-0.15, -0.1) is 5.10 Å². The molecule has 1 saturated heterocycles. The standard InChI is InChI=1S/C21H18N4O7S/c1-30-16-8-7-13(9-14(16)12-32-17-6-4-3-5-15(17)25(28)29)11-22-24-21-23-20(27)18(33-21)10-19(26)31-2/h3-11H,12H2,1-2H3,(H,23,24,27)/b18-10+,22-11?. The monoisotopic (exact) mass is 470 g/mol. The summed E-state index contributed by atoms with van der Waals surface area (Å²) in [6, 6.07) is 11.3. The molecular weight excluding hydrogens is 452 g/mol. The average Bonchev–Trinajstić information content (AvgIpc) is 3.16. The molecule has 0 bridgehead atoms. The molecule has 0 aliphatic carbocycles. The summed E-state index contributed by atoms with van der Waals surface area (Å²) in [4.78, 5) is 33.9. The van der Waals surface area contributed by atoms with Crippen LogP contribution in [0.25, 0.3) is 0 Å². The maximum atomic E-state index is 11.8. The Balaban J connectivity index is 1.72. The molecule has 1 amide bonds. The van der Waals surface area contributed by atoms with Crippen molar-refractivity contribution in [3.63, 3.8) is 0 Å². The highest BCUT2D eigenvalue weighted by atomic mass is 32.2. The molecular formula is C21H18N4O7S. The zero-order valence-corrected chi connectivity index (χ0v) is 18.3. The summed E-state index contributed by atoms with van der Waals surface area (Å²) in [7, 11) is 2.72. The summed E-state index contributed by atoms with van der Waals surface area (Å²) in [5, 5.41) is 21.8. The van der Waals surface area contributed by atoms with Crippen LogP contribution in [-0.2, 0) is 20.9 Å². The van der Waals surface area contributed by atoms with Gasteiger partial charge in [0.05, 0.1) is 30.3 Å². The highest BCUT2D eigenvalue weighted by Gasteiger charge is 2.25. The number of carbonyl (C=O) groups excluding carboxylic acids is 2. The van der Waals surface area contributed by atoms with Crippen molar-refractivity contribution in [3.8, 4) is 11.5 Å². The predicted molar refractivity (Wildman–Crippen MR) is 121 cm³/mol. The second-order valence-electron chi connectivity index (χ2n) is 6.32. The number of amidine groups is 1. The largest absolute Gasteiger partial charge is 0.496 e. The molecule has 0 aromatic heterocycles. The minimum absolute atomic E-state index is 0.0256. The molecule has 33 heavy (non-hydrogen) atoms. The van der Waals surface area contributed by atoms with Crippen molar-refractivity contribution >= 4 is 40.7 Å². The van der Waals surface area contributed by atoms with Gasteiger partial charge in [0, 0.05) is 17.7 Å². The molecule has 11 nitrogen and oxygen atoms in total. The molecule has 0 unspecified atom stereocenters. The highest BCUT2D eigenvalue weighted by Crippen LogP contribution is 2.28. The molecule has 12 heteroatoms. The number of methoxy groups -OCH3 is 2. The Morgan fingerprint density at radius 2 is 2.00 bits per heavy atom. The third-order valence-corrected chi connectivity index (χ3v) is 5.11. The molecule has 170 valence electrons. The Morgan fingerprint density at radius 3 is 2.73 bits per heavy atom. The topological polar surface area (TPSA) is 142 Å². The van der Waals surface area contributed by atoms with E-state index in [2.05, 4.69) is 20.3 Å². The van der Waals surface area contributed by atoms with E-state index >= 15 is 0 Å². The van der Waals surface area contributed by atoms with Crippen LogP contribution in [0.15, 0.2) is 63.6 Å². The molecule has 0 atom stereocenters. The first-order valence-corrected chi connectivity index (χ1v) is 10.2. The van der Waals surface area contributed by atoms with E-state index in [0.717, 1.165) is 17.8 Å². The van der Waals surface area contributed by atoms with E-state index in [9.17, 15) is 19.7 Å². The van der Waals surface area contributed by atoms with E-state index in [1.807, 2.05) is 0 Å². The molecule has 2 aromatic rings. The Bertz CT molecular complexity index is 1180. The number of nitro groups is 1.